The lowest BCUT2D eigenvalue weighted by Gasteiger charge is -2.11. The highest BCUT2D eigenvalue weighted by Gasteiger charge is 2.43. The van der Waals surface area contributed by atoms with Gasteiger partial charge in [0, 0.05) is 0 Å². The molecule has 1 heterocycles. The molecule has 0 aliphatic carbocycles. The minimum absolute atomic E-state index is 0.270. The van der Waals surface area contributed by atoms with E-state index in [0.717, 1.165) is 0 Å². The summed E-state index contributed by atoms with van der Waals surface area (Å²) in [4.78, 5) is 45.7. The number of cyclic esters (lactones) is 2. The zero-order chi connectivity index (χ0) is 19.2. The molecule has 2 aromatic carbocycles. The van der Waals surface area contributed by atoms with Gasteiger partial charge in [-0.1, -0.05) is 18.2 Å². The standard InChI is InChI=1S/C16H8O9S/c17-13(18)8-6-9(26(23,24)7-4-2-1-3-5-7)11-12(10(8)14(19)20)16(22)25-15(11)21/h1-6H,(H,17,18)(H,19,20). The molecule has 2 N–H and O–H groups in total. The summed E-state index contributed by atoms with van der Waals surface area (Å²) in [5.74, 6) is -6.37. The second-order valence-electron chi connectivity index (χ2n) is 5.15. The lowest BCUT2D eigenvalue weighted by Crippen LogP contribution is -2.17. The molecule has 0 atom stereocenters. The van der Waals surface area contributed by atoms with Crippen molar-refractivity contribution in [1.29, 1.82) is 0 Å². The Labute approximate surface area is 145 Å². The largest absolute Gasteiger partial charge is 0.478 e. The fraction of sp³-hybridized carbons (Fsp3) is 0. The van der Waals surface area contributed by atoms with E-state index in [-0.39, 0.29) is 4.90 Å². The fourth-order valence-corrected chi connectivity index (χ4v) is 4.08. The van der Waals surface area contributed by atoms with Gasteiger partial charge in [0.15, 0.2) is 0 Å². The molecular formula is C16H8O9S. The van der Waals surface area contributed by atoms with Crippen LogP contribution in [-0.2, 0) is 14.6 Å². The number of fused-ring (bicyclic) bond motifs is 1. The molecule has 0 spiro atoms. The normalized spacial score (nSPS) is 13.2. The molecule has 0 aromatic heterocycles. The van der Waals surface area contributed by atoms with Crippen LogP contribution in [0.1, 0.15) is 41.4 Å². The topological polar surface area (TPSA) is 152 Å². The first kappa shape index (κ1) is 17.3. The van der Waals surface area contributed by atoms with Gasteiger partial charge in [-0.25, -0.2) is 27.6 Å². The summed E-state index contributed by atoms with van der Waals surface area (Å²) in [7, 11) is -4.43. The van der Waals surface area contributed by atoms with Crippen LogP contribution in [-0.4, -0.2) is 42.5 Å². The second-order valence-corrected chi connectivity index (χ2v) is 7.07. The van der Waals surface area contributed by atoms with Gasteiger partial charge >= 0.3 is 23.9 Å². The number of aromatic carboxylic acids is 2. The zero-order valence-corrected chi connectivity index (χ0v) is 13.4. The Kier molecular flexibility index (Phi) is 3.84. The molecular weight excluding hydrogens is 368 g/mol. The Bertz CT molecular complexity index is 1100. The Hall–Kier alpha value is -3.53. The van der Waals surface area contributed by atoms with Crippen molar-refractivity contribution < 1.29 is 42.5 Å². The van der Waals surface area contributed by atoms with E-state index < -0.39 is 60.9 Å². The zero-order valence-electron chi connectivity index (χ0n) is 12.6. The molecule has 0 unspecified atom stereocenters. The lowest BCUT2D eigenvalue weighted by atomic mass is 9.97. The molecule has 0 saturated carbocycles. The highest BCUT2D eigenvalue weighted by atomic mass is 32.2. The van der Waals surface area contributed by atoms with Crippen molar-refractivity contribution in [2.75, 3.05) is 0 Å². The van der Waals surface area contributed by atoms with Crippen LogP contribution in [0.4, 0.5) is 0 Å². The van der Waals surface area contributed by atoms with E-state index in [2.05, 4.69) is 4.74 Å². The SMILES string of the molecule is O=C(O)c1cc(S(=O)(=O)c2ccccc2)c2c(c1C(=O)O)C(=O)OC2=O. The Morgan fingerprint density at radius 1 is 0.885 bits per heavy atom. The smallest absolute Gasteiger partial charge is 0.348 e. The first-order valence-electron chi connectivity index (χ1n) is 6.90. The van der Waals surface area contributed by atoms with Gasteiger partial charge < -0.3 is 14.9 Å². The van der Waals surface area contributed by atoms with Gasteiger partial charge in [0.1, 0.15) is 0 Å². The van der Waals surface area contributed by atoms with E-state index in [0.29, 0.717) is 6.07 Å². The summed E-state index contributed by atoms with van der Waals surface area (Å²) in [6.07, 6.45) is 0. The van der Waals surface area contributed by atoms with Crippen LogP contribution in [0, 0.1) is 0 Å². The van der Waals surface area contributed by atoms with Gasteiger partial charge in [-0.15, -0.1) is 0 Å². The minimum Gasteiger partial charge on any atom is -0.478 e. The van der Waals surface area contributed by atoms with E-state index in [1.165, 1.54) is 30.3 Å². The van der Waals surface area contributed by atoms with Gasteiger partial charge in [0.25, 0.3) is 0 Å². The molecule has 26 heavy (non-hydrogen) atoms. The molecule has 2 aromatic rings. The van der Waals surface area contributed by atoms with Crippen LogP contribution in [0.3, 0.4) is 0 Å². The van der Waals surface area contributed by atoms with Crippen molar-refractivity contribution in [1.82, 2.24) is 0 Å². The maximum Gasteiger partial charge on any atom is 0.348 e. The second kappa shape index (κ2) is 5.77. The number of sulfone groups is 1. The van der Waals surface area contributed by atoms with Gasteiger partial charge in [-0.05, 0) is 18.2 Å². The summed E-state index contributed by atoms with van der Waals surface area (Å²) in [5.41, 5.74) is -3.63. The fourth-order valence-electron chi connectivity index (χ4n) is 2.58. The predicted octanol–water partition coefficient (Wildman–Crippen LogP) is 1.23. The first-order chi connectivity index (χ1) is 12.2. The average molecular weight is 376 g/mol. The summed E-state index contributed by atoms with van der Waals surface area (Å²) in [6, 6.07) is 7.30. The molecule has 1 aliphatic rings. The van der Waals surface area contributed by atoms with Gasteiger partial charge in [0.05, 0.1) is 32.0 Å². The number of rotatable bonds is 4. The highest BCUT2D eigenvalue weighted by Crippen LogP contribution is 2.35. The Balaban J connectivity index is 2.48. The maximum absolute atomic E-state index is 12.8. The number of hydrogen-bond donors (Lipinski definition) is 2. The molecule has 3 rings (SSSR count). The van der Waals surface area contributed by atoms with Gasteiger partial charge in [-0.3, -0.25) is 0 Å². The van der Waals surface area contributed by atoms with Crippen molar-refractivity contribution in [3.05, 3.63) is 58.7 Å². The number of carboxylic acid groups (broad SMARTS) is 2. The number of ether oxygens (including phenoxy) is 1. The van der Waals surface area contributed by atoms with E-state index >= 15 is 0 Å². The molecule has 0 bridgehead atoms. The lowest BCUT2D eigenvalue weighted by molar-refractivity contribution is 0.0437. The minimum atomic E-state index is -4.43. The molecule has 132 valence electrons. The Morgan fingerprint density at radius 2 is 1.46 bits per heavy atom. The van der Waals surface area contributed by atoms with E-state index in [1.54, 1.807) is 0 Å². The average Bonchev–Trinajstić information content (AvgIpc) is 2.88. The van der Waals surface area contributed by atoms with Gasteiger partial charge in [-0.2, -0.15) is 0 Å². The van der Waals surface area contributed by atoms with E-state index in [4.69, 9.17) is 0 Å². The predicted molar refractivity (Wildman–Crippen MR) is 82.0 cm³/mol. The van der Waals surface area contributed by atoms with E-state index in [1.807, 2.05) is 0 Å². The molecule has 0 radical (unpaired) electrons. The molecule has 0 saturated heterocycles. The number of carboxylic acids is 2. The van der Waals surface area contributed by atoms with Crippen molar-refractivity contribution in [2.24, 2.45) is 0 Å². The summed E-state index contributed by atoms with van der Waals surface area (Å²) in [5, 5.41) is 18.5. The third kappa shape index (κ3) is 2.43. The molecule has 0 fully saturated rings. The van der Waals surface area contributed by atoms with Crippen molar-refractivity contribution in [2.45, 2.75) is 9.79 Å². The summed E-state index contributed by atoms with van der Waals surface area (Å²) in [6.45, 7) is 0. The molecule has 10 heteroatoms. The number of carbonyl (C=O) groups excluding carboxylic acids is 2. The number of benzene rings is 2. The van der Waals surface area contributed by atoms with Crippen molar-refractivity contribution in [3.63, 3.8) is 0 Å². The molecule has 0 amide bonds. The number of carbonyl (C=O) groups is 4. The van der Waals surface area contributed by atoms with E-state index in [9.17, 15) is 37.8 Å². The number of esters is 2. The third-order valence-electron chi connectivity index (χ3n) is 3.67. The van der Waals surface area contributed by atoms with Gasteiger partial charge in [0.2, 0.25) is 9.84 Å². The highest BCUT2D eigenvalue weighted by molar-refractivity contribution is 7.91. The van der Waals surface area contributed by atoms with Crippen LogP contribution in [0.2, 0.25) is 0 Å². The van der Waals surface area contributed by atoms with Crippen molar-refractivity contribution >= 4 is 33.7 Å². The van der Waals surface area contributed by atoms with Crippen LogP contribution in [0.5, 0.6) is 0 Å². The number of hydrogen-bond acceptors (Lipinski definition) is 7. The summed E-state index contributed by atoms with van der Waals surface area (Å²) >= 11 is 0. The van der Waals surface area contributed by atoms with Crippen LogP contribution < -0.4 is 0 Å². The third-order valence-corrected chi connectivity index (χ3v) is 5.47. The van der Waals surface area contributed by atoms with Crippen LogP contribution >= 0.6 is 0 Å². The first-order valence-corrected chi connectivity index (χ1v) is 8.38. The molecule has 9 nitrogen and oxygen atoms in total. The maximum atomic E-state index is 12.8. The van der Waals surface area contributed by atoms with Crippen molar-refractivity contribution in [3.8, 4) is 0 Å². The van der Waals surface area contributed by atoms with Crippen LogP contribution in [0.15, 0.2) is 46.2 Å². The molecule has 1 aliphatic heterocycles. The van der Waals surface area contributed by atoms with Crippen LogP contribution in [0.25, 0.3) is 0 Å². The monoisotopic (exact) mass is 376 g/mol. The quantitative estimate of drug-likeness (QED) is 0.592. The Morgan fingerprint density at radius 3 is 2.00 bits per heavy atom. The summed E-state index contributed by atoms with van der Waals surface area (Å²) < 4.78 is 30.0.